The van der Waals surface area contributed by atoms with Crippen molar-refractivity contribution in [2.45, 2.75) is 55.5 Å². The van der Waals surface area contributed by atoms with Gasteiger partial charge in [-0.1, -0.05) is 48.7 Å². The average Bonchev–Trinajstić information content (AvgIpc) is 3.11. The van der Waals surface area contributed by atoms with Gasteiger partial charge in [0, 0.05) is 18.2 Å². The van der Waals surface area contributed by atoms with E-state index < -0.39 is 72.4 Å². The van der Waals surface area contributed by atoms with Gasteiger partial charge < -0.3 is 9.47 Å². The second-order valence-electron chi connectivity index (χ2n) is 7.92. The van der Waals surface area contributed by atoms with E-state index in [0.717, 1.165) is 11.7 Å². The summed E-state index contributed by atoms with van der Waals surface area (Å²) in [6.45, 7) is 3.52. The number of aryl methyl sites for hydroxylation is 1. The first-order valence-electron chi connectivity index (χ1n) is 10.1. The van der Waals surface area contributed by atoms with E-state index in [-0.39, 0.29) is 12.0 Å². The predicted molar refractivity (Wildman–Crippen MR) is 123 cm³/mol. The van der Waals surface area contributed by atoms with Crippen LogP contribution in [0.1, 0.15) is 32.1 Å². The Labute approximate surface area is 209 Å². The predicted octanol–water partition coefficient (Wildman–Crippen LogP) is 2.77. The van der Waals surface area contributed by atoms with E-state index in [1.54, 1.807) is 13.8 Å². The summed E-state index contributed by atoms with van der Waals surface area (Å²) in [6.07, 6.45) is -2.90. The van der Waals surface area contributed by atoms with E-state index in [1.165, 1.54) is 13.1 Å². The molecule has 16 heteroatoms. The Bertz CT molecular complexity index is 1030. The number of hydrogen-bond acceptors (Lipinski definition) is 8. The minimum absolute atomic E-state index is 0.231. The first kappa shape index (κ1) is 29.3. The Balaban J connectivity index is 2.18. The van der Waals surface area contributed by atoms with Gasteiger partial charge in [0.15, 0.2) is 0 Å². The standard InChI is InChI=1S/C18H26Cl3FN3O8P/c1-9(2)14(16(27)30-4)24-34(29,32-8-18(19,20)21)31-7-12-11(22)5-13(33-12)25-6-10(3)15(26)23-17(25)28/h6,9,11-14H,5,7-8H2,1-4H3,(H,24,29)(H,23,26,28)/t11-,12+,13+,14-,34?/m0/s1. The zero-order chi connectivity index (χ0) is 25.8. The Hall–Kier alpha value is -0.980. The van der Waals surface area contributed by atoms with Crippen LogP contribution in [0.3, 0.4) is 0 Å². The molecule has 0 amide bonds. The topological polar surface area (TPSA) is 138 Å². The molecule has 0 spiro atoms. The van der Waals surface area contributed by atoms with Crippen LogP contribution in [-0.4, -0.2) is 58.0 Å². The summed E-state index contributed by atoms with van der Waals surface area (Å²) in [6, 6.07) is -1.12. The quantitative estimate of drug-likeness (QED) is 0.248. The van der Waals surface area contributed by atoms with Crippen LogP contribution in [0.15, 0.2) is 15.8 Å². The fourth-order valence-corrected chi connectivity index (χ4v) is 5.09. The Morgan fingerprint density at radius 1 is 1.38 bits per heavy atom. The molecule has 1 aromatic rings. The highest BCUT2D eigenvalue weighted by atomic mass is 35.6. The van der Waals surface area contributed by atoms with Crippen molar-refractivity contribution < 1.29 is 32.3 Å². The molecule has 0 saturated carbocycles. The van der Waals surface area contributed by atoms with Crippen molar-refractivity contribution in [1.29, 1.82) is 0 Å². The minimum Gasteiger partial charge on any atom is -0.468 e. The number of rotatable bonds is 10. The van der Waals surface area contributed by atoms with Gasteiger partial charge in [-0.25, -0.2) is 18.8 Å². The van der Waals surface area contributed by atoms with Crippen molar-refractivity contribution in [2.24, 2.45) is 5.92 Å². The molecule has 2 heterocycles. The molecule has 11 nitrogen and oxygen atoms in total. The molecular formula is C18H26Cl3FN3O8P. The number of H-pyrrole nitrogens is 1. The van der Waals surface area contributed by atoms with Gasteiger partial charge in [-0.2, -0.15) is 0 Å². The zero-order valence-electron chi connectivity index (χ0n) is 18.8. The van der Waals surface area contributed by atoms with E-state index in [9.17, 15) is 23.3 Å². The number of aromatic amines is 1. The molecule has 0 bridgehead atoms. The lowest BCUT2D eigenvalue weighted by Crippen LogP contribution is -2.41. The van der Waals surface area contributed by atoms with Gasteiger partial charge in [0.1, 0.15) is 31.2 Å². The van der Waals surface area contributed by atoms with Crippen LogP contribution >= 0.6 is 42.5 Å². The molecular weight excluding hydrogens is 543 g/mol. The summed E-state index contributed by atoms with van der Waals surface area (Å²) < 4.78 is 47.9. The zero-order valence-corrected chi connectivity index (χ0v) is 21.9. The van der Waals surface area contributed by atoms with Crippen molar-refractivity contribution in [2.75, 3.05) is 20.3 Å². The van der Waals surface area contributed by atoms with E-state index >= 15 is 0 Å². The van der Waals surface area contributed by atoms with Crippen molar-refractivity contribution in [3.05, 3.63) is 32.6 Å². The van der Waals surface area contributed by atoms with Crippen molar-refractivity contribution in [3.8, 4) is 0 Å². The number of nitrogens with one attached hydrogen (secondary N) is 2. The van der Waals surface area contributed by atoms with Gasteiger partial charge in [-0.05, 0) is 12.8 Å². The molecule has 1 aliphatic rings. The fourth-order valence-electron chi connectivity index (χ4n) is 3.02. The summed E-state index contributed by atoms with van der Waals surface area (Å²) in [7, 11) is -3.21. The molecule has 1 aromatic heterocycles. The van der Waals surface area contributed by atoms with E-state index in [1.807, 2.05) is 0 Å². The third-order valence-corrected chi connectivity index (χ3v) is 6.72. The summed E-state index contributed by atoms with van der Waals surface area (Å²) in [5.41, 5.74) is -1.11. The van der Waals surface area contributed by atoms with Crippen LogP contribution in [0, 0.1) is 12.8 Å². The number of halogens is 4. The van der Waals surface area contributed by atoms with Gasteiger partial charge in [-0.3, -0.25) is 28.2 Å². The molecule has 2 rings (SSSR count). The highest BCUT2D eigenvalue weighted by molar-refractivity contribution is 7.51. The maximum Gasteiger partial charge on any atom is 0.406 e. The third-order valence-electron chi connectivity index (χ3n) is 4.84. The van der Waals surface area contributed by atoms with Crippen molar-refractivity contribution in [3.63, 3.8) is 0 Å². The van der Waals surface area contributed by atoms with Crippen LogP contribution in [-0.2, 0) is 27.9 Å². The molecule has 1 aliphatic heterocycles. The number of esters is 1. The second-order valence-corrected chi connectivity index (χ2v) is 12.2. The molecule has 5 atom stereocenters. The lowest BCUT2D eigenvalue weighted by Gasteiger charge is -2.27. The molecule has 2 N–H and O–H groups in total. The SMILES string of the molecule is COC(=O)[C@@H](NP(=O)(OC[C@H]1O[C@@H](n2cc(C)c(=O)[nH]c2=O)C[C@@H]1F)OCC(Cl)(Cl)Cl)C(C)C. The van der Waals surface area contributed by atoms with Crippen LogP contribution < -0.4 is 16.3 Å². The number of carbonyl (C=O) groups excluding carboxylic acids is 1. The number of hydrogen-bond donors (Lipinski definition) is 2. The molecule has 0 aromatic carbocycles. The van der Waals surface area contributed by atoms with Gasteiger partial charge in [0.25, 0.3) is 5.56 Å². The van der Waals surface area contributed by atoms with Crippen LogP contribution in [0.5, 0.6) is 0 Å². The Kier molecular flexibility index (Phi) is 10.2. The van der Waals surface area contributed by atoms with Gasteiger partial charge >= 0.3 is 19.4 Å². The average molecular weight is 569 g/mol. The lowest BCUT2D eigenvalue weighted by molar-refractivity contribution is -0.143. The number of carbonyl (C=O) groups is 1. The normalized spacial score (nSPS) is 23.6. The molecule has 194 valence electrons. The van der Waals surface area contributed by atoms with Gasteiger partial charge in [0.05, 0.1) is 13.7 Å². The first-order valence-corrected chi connectivity index (χ1v) is 12.8. The Morgan fingerprint density at radius 2 is 2.03 bits per heavy atom. The summed E-state index contributed by atoms with van der Waals surface area (Å²) >= 11 is 17.0. The maximum absolute atomic E-state index is 14.7. The van der Waals surface area contributed by atoms with Gasteiger partial charge in [0.2, 0.25) is 3.79 Å². The summed E-state index contributed by atoms with van der Waals surface area (Å²) in [4.78, 5) is 37.9. The van der Waals surface area contributed by atoms with Crippen molar-refractivity contribution >= 4 is 48.5 Å². The number of nitrogens with zero attached hydrogens (tertiary/aromatic N) is 1. The smallest absolute Gasteiger partial charge is 0.406 e. The van der Waals surface area contributed by atoms with Gasteiger partial charge in [-0.15, -0.1) is 0 Å². The van der Waals surface area contributed by atoms with Crippen LogP contribution in [0.4, 0.5) is 4.39 Å². The third kappa shape index (κ3) is 8.03. The maximum atomic E-state index is 14.7. The Morgan fingerprint density at radius 3 is 2.59 bits per heavy atom. The van der Waals surface area contributed by atoms with Crippen LogP contribution in [0.25, 0.3) is 0 Å². The first-order chi connectivity index (χ1) is 15.7. The van der Waals surface area contributed by atoms with Crippen LogP contribution in [0.2, 0.25) is 0 Å². The number of methoxy groups -OCH3 is 1. The molecule has 1 saturated heterocycles. The molecule has 0 radical (unpaired) electrons. The van der Waals surface area contributed by atoms with E-state index in [2.05, 4.69) is 10.1 Å². The van der Waals surface area contributed by atoms with E-state index in [4.69, 9.17) is 53.3 Å². The highest BCUT2D eigenvalue weighted by Gasteiger charge is 2.41. The number of ether oxygens (including phenoxy) is 2. The second kappa shape index (κ2) is 11.8. The molecule has 1 unspecified atom stereocenters. The summed E-state index contributed by atoms with van der Waals surface area (Å²) in [5, 5.41) is 2.45. The molecule has 1 fully saturated rings. The van der Waals surface area contributed by atoms with E-state index in [0.29, 0.717) is 0 Å². The fraction of sp³-hybridized carbons (Fsp3) is 0.722. The summed E-state index contributed by atoms with van der Waals surface area (Å²) in [5.74, 6) is -1.15. The molecule has 0 aliphatic carbocycles. The number of aromatic nitrogens is 2. The largest absolute Gasteiger partial charge is 0.468 e. The molecule has 34 heavy (non-hydrogen) atoms. The number of alkyl halides is 4. The minimum atomic E-state index is -4.35. The highest BCUT2D eigenvalue weighted by Crippen LogP contribution is 2.48. The monoisotopic (exact) mass is 567 g/mol. The van der Waals surface area contributed by atoms with Crippen molar-refractivity contribution in [1.82, 2.24) is 14.6 Å². The lowest BCUT2D eigenvalue weighted by atomic mass is 10.1.